The number of benzene rings is 1. The third-order valence-corrected chi connectivity index (χ3v) is 8.63. The van der Waals surface area contributed by atoms with Crippen molar-refractivity contribution in [3.8, 4) is 11.5 Å². The summed E-state index contributed by atoms with van der Waals surface area (Å²) in [7, 11) is -4.13. The van der Waals surface area contributed by atoms with Crippen molar-refractivity contribution in [1.82, 2.24) is 20.5 Å². The second kappa shape index (κ2) is 12.6. The van der Waals surface area contributed by atoms with E-state index in [0.717, 1.165) is 11.0 Å². The van der Waals surface area contributed by atoms with Crippen LogP contribution in [0.4, 0.5) is 4.79 Å². The summed E-state index contributed by atoms with van der Waals surface area (Å²) in [5.41, 5.74) is 6.31. The summed E-state index contributed by atoms with van der Waals surface area (Å²) in [4.78, 5) is 54.1. The molecule has 1 aromatic carbocycles. The first-order valence-electron chi connectivity index (χ1n) is 11.9. The molecule has 0 saturated carbocycles. The van der Waals surface area contributed by atoms with Crippen LogP contribution in [0.25, 0.3) is 6.08 Å². The van der Waals surface area contributed by atoms with E-state index >= 15 is 0 Å². The Labute approximate surface area is 229 Å². The molecule has 0 radical (unpaired) electrons. The number of rotatable bonds is 10. The molecule has 15 heteroatoms. The first kappa shape index (κ1) is 30.0. The van der Waals surface area contributed by atoms with Gasteiger partial charge in [-0.1, -0.05) is 6.07 Å². The Kier molecular flexibility index (Phi) is 9.44. The lowest BCUT2D eigenvalue weighted by Crippen LogP contribution is -2.51. The van der Waals surface area contributed by atoms with E-state index in [-0.39, 0.29) is 48.3 Å². The second-order valence-corrected chi connectivity index (χ2v) is 11.5. The molecule has 214 valence electrons. The van der Waals surface area contributed by atoms with Gasteiger partial charge < -0.3 is 41.0 Å². The molecule has 1 fully saturated rings. The van der Waals surface area contributed by atoms with Crippen LogP contribution in [-0.2, 0) is 30.7 Å². The summed E-state index contributed by atoms with van der Waals surface area (Å²) < 4.78 is 29.2. The van der Waals surface area contributed by atoms with Gasteiger partial charge in [0.1, 0.15) is 29.6 Å². The molecule has 1 aliphatic heterocycles. The summed E-state index contributed by atoms with van der Waals surface area (Å²) in [5.74, 6) is -2.71. The van der Waals surface area contributed by atoms with Crippen LogP contribution in [0.1, 0.15) is 28.5 Å². The van der Waals surface area contributed by atoms with Gasteiger partial charge in [0, 0.05) is 37.5 Å². The zero-order valence-electron chi connectivity index (χ0n) is 21.4. The molecule has 14 nitrogen and oxygen atoms in total. The number of ether oxygens (including phenoxy) is 1. The Bertz CT molecular complexity index is 1430. The van der Waals surface area contributed by atoms with E-state index in [4.69, 9.17) is 10.5 Å². The van der Waals surface area contributed by atoms with E-state index in [0.29, 0.717) is 11.8 Å². The molecule has 0 unspecified atom stereocenters. The number of nitrogens with zero attached hydrogens (tertiary/aromatic N) is 2. The molecule has 0 bridgehead atoms. The van der Waals surface area contributed by atoms with Gasteiger partial charge >= 0.3 is 6.09 Å². The quantitative estimate of drug-likeness (QED) is 0.140. The highest BCUT2D eigenvalue weighted by molar-refractivity contribution is 7.93. The van der Waals surface area contributed by atoms with Crippen molar-refractivity contribution in [1.29, 1.82) is 0 Å². The average molecular weight is 576 g/mol. The van der Waals surface area contributed by atoms with E-state index in [1.54, 1.807) is 0 Å². The van der Waals surface area contributed by atoms with Crippen LogP contribution in [0.3, 0.4) is 0 Å². The molecule has 1 saturated heterocycles. The summed E-state index contributed by atoms with van der Waals surface area (Å²) in [6, 6.07) is 5.32. The molecular formula is C25H29N5O9S. The molecule has 2 atom stereocenters. The monoisotopic (exact) mass is 575 g/mol. The Balaban J connectivity index is 1.67. The minimum absolute atomic E-state index is 0.105. The maximum atomic E-state index is 13.0. The Hall–Kier alpha value is -4.50. The van der Waals surface area contributed by atoms with Gasteiger partial charge in [-0.25, -0.2) is 13.2 Å². The molecule has 40 heavy (non-hydrogen) atoms. The number of phenols is 2. The zero-order chi connectivity index (χ0) is 29.5. The molecule has 0 spiro atoms. The van der Waals surface area contributed by atoms with Crippen LogP contribution in [-0.4, -0.2) is 89.1 Å². The Morgan fingerprint density at radius 3 is 2.62 bits per heavy atom. The molecule has 1 aromatic heterocycles. The van der Waals surface area contributed by atoms with Crippen molar-refractivity contribution in [2.75, 3.05) is 25.6 Å². The van der Waals surface area contributed by atoms with Gasteiger partial charge in [-0.2, -0.15) is 0 Å². The number of aromatic hydroxyl groups is 2. The molecular weight excluding hydrogens is 546 g/mol. The van der Waals surface area contributed by atoms with Crippen LogP contribution >= 0.6 is 0 Å². The number of sulfone groups is 1. The van der Waals surface area contributed by atoms with E-state index in [9.17, 15) is 37.8 Å². The normalized spacial score (nSPS) is 19.8. The third kappa shape index (κ3) is 6.73. The number of hydrogen-bond acceptors (Lipinski definition) is 11. The van der Waals surface area contributed by atoms with Crippen molar-refractivity contribution in [3.63, 3.8) is 0 Å². The number of phenolic OH excluding ortho intramolecular Hbond substituents is 2. The molecule has 6 N–H and O–H groups in total. The predicted octanol–water partition coefficient (Wildman–Crippen LogP) is -0.338. The fourth-order valence-electron chi connectivity index (χ4n) is 3.85. The number of pyridine rings is 1. The summed E-state index contributed by atoms with van der Waals surface area (Å²) in [5, 5.41) is 23.9. The van der Waals surface area contributed by atoms with Crippen LogP contribution < -0.4 is 16.4 Å². The lowest BCUT2D eigenvalue weighted by Gasteiger charge is -2.28. The van der Waals surface area contributed by atoms with E-state index < -0.39 is 45.1 Å². The topological polar surface area (TPSA) is 218 Å². The first-order valence-corrected chi connectivity index (χ1v) is 13.6. The first-order chi connectivity index (χ1) is 18.9. The number of carbonyl (C=O) groups is 4. The third-order valence-electron chi connectivity index (χ3n) is 6.23. The van der Waals surface area contributed by atoms with Crippen molar-refractivity contribution in [3.05, 3.63) is 59.4 Å². The maximum absolute atomic E-state index is 13.0. The fraction of sp³-hybridized carbons (Fsp3) is 0.320. The van der Waals surface area contributed by atoms with Gasteiger partial charge in [-0.3, -0.25) is 14.6 Å². The summed E-state index contributed by atoms with van der Waals surface area (Å²) in [6.07, 6.45) is 2.97. The van der Waals surface area contributed by atoms with E-state index in [2.05, 4.69) is 15.6 Å². The van der Waals surface area contributed by atoms with E-state index in [1.807, 2.05) is 0 Å². The predicted molar refractivity (Wildman–Crippen MR) is 142 cm³/mol. The highest BCUT2D eigenvalue weighted by Gasteiger charge is 2.57. The molecule has 0 aliphatic carbocycles. The molecule has 2 heterocycles. The molecule has 2 aromatic rings. The second-order valence-electron chi connectivity index (χ2n) is 9.05. The average Bonchev–Trinajstić information content (AvgIpc) is 3.14. The number of aldehydes is 1. The summed E-state index contributed by atoms with van der Waals surface area (Å²) in [6.45, 7) is 0.907. The molecule has 3 amide bonds. The SMILES string of the molecule is C[C@]1(COC(=O)NCc2ccc(O)c(O)c2)[C@H](C=O)N(C(=O)/C=C/c2cc(C(=O)NCCN)ccn2)CS1(=O)=O. The number of carbonyl (C=O) groups excluding carboxylic acids is 4. The van der Waals surface area contributed by atoms with Gasteiger partial charge in [0.2, 0.25) is 5.91 Å². The van der Waals surface area contributed by atoms with Crippen LogP contribution in [0, 0.1) is 0 Å². The standard InChI is InChI=1S/C25H29N5O9S/c1-25(14-39-24(36)29-12-16-2-4-19(32)20(33)10-16)21(13-31)30(15-40(25,37)38)22(34)5-3-18-11-17(6-8-27-18)23(35)28-9-7-26/h2-6,8,10-11,13,21,32-33H,7,9,12,14-15,26H2,1H3,(H,28,35)(H,29,36)/b5-3+/t21-,25-/m0/s1. The lowest BCUT2D eigenvalue weighted by atomic mass is 10.0. The van der Waals surface area contributed by atoms with E-state index in [1.165, 1.54) is 49.5 Å². The lowest BCUT2D eigenvalue weighted by molar-refractivity contribution is -0.131. The fourth-order valence-corrected chi connectivity index (χ4v) is 5.59. The van der Waals surface area contributed by atoms with Crippen LogP contribution in [0.5, 0.6) is 11.5 Å². The highest BCUT2D eigenvalue weighted by atomic mass is 32.2. The van der Waals surface area contributed by atoms with Crippen LogP contribution in [0.15, 0.2) is 42.6 Å². The summed E-state index contributed by atoms with van der Waals surface area (Å²) >= 11 is 0. The van der Waals surface area contributed by atoms with Gasteiger partial charge in [0.15, 0.2) is 21.3 Å². The Morgan fingerprint density at radius 1 is 1.20 bits per heavy atom. The highest BCUT2D eigenvalue weighted by Crippen LogP contribution is 2.34. The Morgan fingerprint density at radius 2 is 1.95 bits per heavy atom. The number of nitrogens with two attached hydrogens (primary N) is 1. The zero-order valence-corrected chi connectivity index (χ0v) is 22.3. The smallest absolute Gasteiger partial charge is 0.407 e. The van der Waals surface area contributed by atoms with Crippen molar-refractivity contribution < 1.29 is 42.5 Å². The van der Waals surface area contributed by atoms with Crippen molar-refractivity contribution >= 4 is 40.1 Å². The largest absolute Gasteiger partial charge is 0.504 e. The molecule has 3 rings (SSSR count). The van der Waals surface area contributed by atoms with Gasteiger partial charge in [0.05, 0.1) is 5.69 Å². The number of nitrogens with one attached hydrogen (secondary N) is 2. The maximum Gasteiger partial charge on any atom is 0.407 e. The van der Waals surface area contributed by atoms with Crippen molar-refractivity contribution in [2.24, 2.45) is 5.73 Å². The van der Waals surface area contributed by atoms with Gasteiger partial charge in [0.25, 0.3) is 5.91 Å². The number of amides is 3. The van der Waals surface area contributed by atoms with Gasteiger partial charge in [-0.15, -0.1) is 0 Å². The van der Waals surface area contributed by atoms with Gasteiger partial charge in [-0.05, 0) is 42.8 Å². The van der Waals surface area contributed by atoms with Crippen LogP contribution in [0.2, 0.25) is 0 Å². The minimum atomic E-state index is -4.13. The van der Waals surface area contributed by atoms with Crippen molar-refractivity contribution in [2.45, 2.75) is 24.3 Å². The number of alkyl carbamates (subject to hydrolysis) is 1. The molecule has 1 aliphatic rings. The number of hydrogen-bond donors (Lipinski definition) is 5. The minimum Gasteiger partial charge on any atom is -0.504 e. The number of aromatic nitrogens is 1.